The van der Waals surface area contributed by atoms with E-state index >= 15 is 0 Å². The molecule has 0 atom stereocenters. The van der Waals surface area contributed by atoms with Gasteiger partial charge in [0.05, 0.1) is 6.61 Å². The second-order valence-corrected chi connectivity index (χ2v) is 5.03. The van der Waals surface area contributed by atoms with Crippen molar-refractivity contribution in [2.75, 3.05) is 11.9 Å². The summed E-state index contributed by atoms with van der Waals surface area (Å²) < 4.78 is 7.76. The summed E-state index contributed by atoms with van der Waals surface area (Å²) in [7, 11) is 0. The van der Waals surface area contributed by atoms with Crippen LogP contribution in [0.1, 0.15) is 24.5 Å². The van der Waals surface area contributed by atoms with Gasteiger partial charge in [0.25, 0.3) is 0 Å². The first kappa shape index (κ1) is 12.2. The van der Waals surface area contributed by atoms with Crippen LogP contribution >= 0.6 is 0 Å². The molecule has 0 spiro atoms. The lowest BCUT2D eigenvalue weighted by Crippen LogP contribution is -1.99. The molecule has 3 heteroatoms. The van der Waals surface area contributed by atoms with E-state index in [2.05, 4.69) is 53.5 Å². The smallest absolute Gasteiger partial charge is 0.122 e. The highest BCUT2D eigenvalue weighted by Crippen LogP contribution is 2.27. The third-order valence-corrected chi connectivity index (χ3v) is 3.48. The Labute approximate surface area is 114 Å². The fraction of sp³-hybridized carbons (Fsp3) is 0.375. The third kappa shape index (κ3) is 2.75. The lowest BCUT2D eigenvalue weighted by Gasteiger charge is -2.07. The number of aryl methyl sites for hydroxylation is 1. The molecule has 100 valence electrons. The second kappa shape index (κ2) is 5.39. The molecule has 2 aromatic rings. The fourth-order valence-corrected chi connectivity index (χ4v) is 2.49. The van der Waals surface area contributed by atoms with Crippen LogP contribution in [0.4, 0.5) is 5.69 Å². The summed E-state index contributed by atoms with van der Waals surface area (Å²) in [6, 6.07) is 8.53. The van der Waals surface area contributed by atoms with Crippen LogP contribution in [-0.2, 0) is 19.5 Å². The summed E-state index contributed by atoms with van der Waals surface area (Å²) in [6.45, 7) is 4.98. The standard InChI is InChI=1S/C16H20N2O/c1-2-7-18-8-5-13(12-18)11-17-15-3-4-16-14(10-15)6-9-19-16/h3-5,8,10,12,17H,2,6-7,9,11H2,1H3. The topological polar surface area (TPSA) is 26.2 Å². The van der Waals surface area contributed by atoms with Gasteiger partial charge in [-0.05, 0) is 41.8 Å². The SMILES string of the molecule is CCCn1ccc(CNc2ccc3c(c2)CCO3)c1. The molecule has 0 bridgehead atoms. The van der Waals surface area contributed by atoms with E-state index in [-0.39, 0.29) is 0 Å². The summed E-state index contributed by atoms with van der Waals surface area (Å²) in [5, 5.41) is 3.48. The summed E-state index contributed by atoms with van der Waals surface area (Å²) in [6.07, 6.45) is 6.56. The van der Waals surface area contributed by atoms with Gasteiger partial charge in [-0.3, -0.25) is 0 Å². The summed E-state index contributed by atoms with van der Waals surface area (Å²) in [5.41, 5.74) is 3.81. The van der Waals surface area contributed by atoms with Crippen LogP contribution in [0.25, 0.3) is 0 Å². The Morgan fingerprint density at radius 1 is 1.32 bits per heavy atom. The van der Waals surface area contributed by atoms with Crippen LogP contribution < -0.4 is 10.1 Å². The number of ether oxygens (including phenoxy) is 1. The minimum Gasteiger partial charge on any atom is -0.493 e. The third-order valence-electron chi connectivity index (χ3n) is 3.48. The first-order chi connectivity index (χ1) is 9.35. The summed E-state index contributed by atoms with van der Waals surface area (Å²) >= 11 is 0. The number of rotatable bonds is 5. The lowest BCUT2D eigenvalue weighted by molar-refractivity contribution is 0.357. The highest BCUT2D eigenvalue weighted by atomic mass is 16.5. The van der Waals surface area contributed by atoms with E-state index < -0.39 is 0 Å². The molecule has 0 unspecified atom stereocenters. The number of nitrogens with zero attached hydrogens (tertiary/aromatic N) is 1. The van der Waals surface area contributed by atoms with Crippen LogP contribution in [0.3, 0.4) is 0 Å². The van der Waals surface area contributed by atoms with Crippen LogP contribution in [0.15, 0.2) is 36.7 Å². The van der Waals surface area contributed by atoms with E-state index in [1.807, 2.05) is 0 Å². The molecule has 0 fully saturated rings. The predicted octanol–water partition coefficient (Wildman–Crippen LogP) is 3.45. The molecule has 0 amide bonds. The molecule has 0 saturated heterocycles. The van der Waals surface area contributed by atoms with Gasteiger partial charge in [0.15, 0.2) is 0 Å². The minimum absolute atomic E-state index is 0.818. The molecule has 0 saturated carbocycles. The zero-order valence-corrected chi connectivity index (χ0v) is 11.4. The number of hydrogen-bond donors (Lipinski definition) is 1. The predicted molar refractivity (Wildman–Crippen MR) is 77.7 cm³/mol. The van der Waals surface area contributed by atoms with E-state index in [1.54, 1.807) is 0 Å². The van der Waals surface area contributed by atoms with E-state index in [0.29, 0.717) is 0 Å². The molecular formula is C16H20N2O. The average molecular weight is 256 g/mol. The van der Waals surface area contributed by atoms with Crippen molar-refractivity contribution in [2.24, 2.45) is 0 Å². The molecule has 1 aromatic heterocycles. The van der Waals surface area contributed by atoms with E-state index in [4.69, 9.17) is 4.74 Å². The van der Waals surface area contributed by atoms with Gasteiger partial charge in [-0.15, -0.1) is 0 Å². The lowest BCUT2D eigenvalue weighted by atomic mass is 10.1. The number of benzene rings is 1. The summed E-state index contributed by atoms with van der Waals surface area (Å²) in [4.78, 5) is 0. The first-order valence-corrected chi connectivity index (χ1v) is 6.99. The normalized spacial score (nSPS) is 13.1. The zero-order valence-electron chi connectivity index (χ0n) is 11.4. The van der Waals surface area contributed by atoms with Crippen LogP contribution in [0.5, 0.6) is 5.75 Å². The molecule has 0 radical (unpaired) electrons. The van der Waals surface area contributed by atoms with Crippen molar-refractivity contribution >= 4 is 5.69 Å². The van der Waals surface area contributed by atoms with Crippen molar-refractivity contribution < 1.29 is 4.74 Å². The molecule has 2 heterocycles. The number of anilines is 1. The zero-order chi connectivity index (χ0) is 13.1. The highest BCUT2D eigenvalue weighted by Gasteiger charge is 2.11. The number of nitrogens with one attached hydrogen (secondary N) is 1. The molecule has 1 aliphatic heterocycles. The van der Waals surface area contributed by atoms with Crippen molar-refractivity contribution in [3.05, 3.63) is 47.8 Å². The van der Waals surface area contributed by atoms with Gasteiger partial charge < -0.3 is 14.6 Å². The van der Waals surface area contributed by atoms with Crippen molar-refractivity contribution in [1.82, 2.24) is 4.57 Å². The maximum Gasteiger partial charge on any atom is 0.122 e. The Hall–Kier alpha value is -1.90. The van der Waals surface area contributed by atoms with Crippen molar-refractivity contribution in [2.45, 2.75) is 32.9 Å². The van der Waals surface area contributed by atoms with Crippen LogP contribution in [-0.4, -0.2) is 11.2 Å². The Balaban J connectivity index is 1.62. The van der Waals surface area contributed by atoms with Crippen molar-refractivity contribution in [3.8, 4) is 5.75 Å². The van der Waals surface area contributed by atoms with Gasteiger partial charge in [-0.1, -0.05) is 6.92 Å². The van der Waals surface area contributed by atoms with E-state index in [1.165, 1.54) is 23.2 Å². The molecular weight excluding hydrogens is 236 g/mol. The largest absolute Gasteiger partial charge is 0.493 e. The quantitative estimate of drug-likeness (QED) is 0.886. The minimum atomic E-state index is 0.818. The monoisotopic (exact) mass is 256 g/mol. The first-order valence-electron chi connectivity index (χ1n) is 6.99. The molecule has 1 aliphatic rings. The Bertz CT molecular complexity index is 560. The van der Waals surface area contributed by atoms with Gasteiger partial charge in [0, 0.05) is 37.6 Å². The Morgan fingerprint density at radius 2 is 2.26 bits per heavy atom. The van der Waals surface area contributed by atoms with Crippen LogP contribution in [0.2, 0.25) is 0 Å². The Morgan fingerprint density at radius 3 is 3.16 bits per heavy atom. The molecule has 1 N–H and O–H groups in total. The highest BCUT2D eigenvalue weighted by molar-refractivity contribution is 5.52. The fourth-order valence-electron chi connectivity index (χ4n) is 2.49. The van der Waals surface area contributed by atoms with Crippen molar-refractivity contribution in [1.29, 1.82) is 0 Å². The average Bonchev–Trinajstić information content (AvgIpc) is 3.04. The van der Waals surface area contributed by atoms with E-state index in [9.17, 15) is 0 Å². The molecule has 1 aromatic carbocycles. The van der Waals surface area contributed by atoms with Gasteiger partial charge in [0.2, 0.25) is 0 Å². The van der Waals surface area contributed by atoms with Crippen molar-refractivity contribution in [3.63, 3.8) is 0 Å². The molecule has 0 aliphatic carbocycles. The van der Waals surface area contributed by atoms with Gasteiger partial charge in [-0.25, -0.2) is 0 Å². The number of fused-ring (bicyclic) bond motifs is 1. The summed E-state index contributed by atoms with van der Waals surface area (Å²) in [5.74, 6) is 1.04. The van der Waals surface area contributed by atoms with Gasteiger partial charge in [-0.2, -0.15) is 0 Å². The van der Waals surface area contributed by atoms with Crippen LogP contribution in [0, 0.1) is 0 Å². The Kier molecular flexibility index (Phi) is 3.45. The second-order valence-electron chi connectivity index (χ2n) is 5.03. The van der Waals surface area contributed by atoms with Gasteiger partial charge in [0.1, 0.15) is 5.75 Å². The molecule has 3 rings (SSSR count). The maximum atomic E-state index is 5.52. The molecule has 3 nitrogen and oxygen atoms in total. The number of aromatic nitrogens is 1. The molecule has 19 heavy (non-hydrogen) atoms. The maximum absolute atomic E-state index is 5.52. The number of hydrogen-bond acceptors (Lipinski definition) is 2. The van der Waals surface area contributed by atoms with E-state index in [0.717, 1.165) is 31.9 Å². The van der Waals surface area contributed by atoms with Gasteiger partial charge >= 0.3 is 0 Å².